The number of piperidine rings is 1. The predicted octanol–water partition coefficient (Wildman–Crippen LogP) is 3.84. The maximum absolute atomic E-state index is 14.0. The minimum absolute atomic E-state index is 0.0105. The average molecular weight is 446 g/mol. The zero-order valence-electron chi connectivity index (χ0n) is 17.4. The molecule has 1 aliphatic rings. The van der Waals surface area contributed by atoms with Crippen LogP contribution in [0.1, 0.15) is 24.3 Å². The second kappa shape index (κ2) is 8.76. The lowest BCUT2D eigenvalue weighted by Crippen LogP contribution is -2.40. The molecule has 0 radical (unpaired) electrons. The lowest BCUT2D eigenvalue weighted by molar-refractivity contribution is 0.247. The van der Waals surface area contributed by atoms with E-state index in [0.717, 1.165) is 23.6 Å². The van der Waals surface area contributed by atoms with Crippen LogP contribution in [0.4, 0.5) is 4.39 Å². The van der Waals surface area contributed by atoms with Crippen molar-refractivity contribution in [3.8, 4) is 17.1 Å². The van der Waals surface area contributed by atoms with Crippen LogP contribution in [0.2, 0.25) is 0 Å². The summed E-state index contributed by atoms with van der Waals surface area (Å²) >= 11 is 0. The van der Waals surface area contributed by atoms with Crippen molar-refractivity contribution in [3.05, 3.63) is 59.7 Å². The molecule has 1 saturated heterocycles. The summed E-state index contributed by atoms with van der Waals surface area (Å²) in [5.41, 5.74) is 1.96. The number of ether oxygens (including phenoxy) is 1. The topological polar surface area (TPSA) is 85.5 Å². The summed E-state index contributed by atoms with van der Waals surface area (Å²) in [5.74, 6) is 0.361. The van der Waals surface area contributed by atoms with Gasteiger partial charge in [-0.1, -0.05) is 29.4 Å². The van der Waals surface area contributed by atoms with E-state index in [9.17, 15) is 12.8 Å². The number of benzene rings is 2. The van der Waals surface area contributed by atoms with Gasteiger partial charge >= 0.3 is 0 Å². The molecule has 1 aliphatic heterocycles. The van der Waals surface area contributed by atoms with Gasteiger partial charge in [-0.15, -0.1) is 0 Å². The number of aryl methyl sites for hydroxylation is 1. The SMILES string of the molecule is COc1ccc(S(=O)(=O)N2CCC[C@@H](Cc3nc(-c4ccccc4C)no3)C2)cc1F. The summed E-state index contributed by atoms with van der Waals surface area (Å²) in [5, 5.41) is 4.08. The Hall–Kier alpha value is -2.78. The van der Waals surface area contributed by atoms with Gasteiger partial charge in [0, 0.05) is 25.1 Å². The van der Waals surface area contributed by atoms with Crippen LogP contribution >= 0.6 is 0 Å². The minimum Gasteiger partial charge on any atom is -0.494 e. The van der Waals surface area contributed by atoms with Crippen molar-refractivity contribution in [2.45, 2.75) is 31.1 Å². The number of hydrogen-bond acceptors (Lipinski definition) is 6. The smallest absolute Gasteiger partial charge is 0.243 e. The van der Waals surface area contributed by atoms with Gasteiger partial charge in [-0.05, 0) is 49.4 Å². The number of aromatic nitrogens is 2. The summed E-state index contributed by atoms with van der Waals surface area (Å²) in [6.45, 7) is 2.69. The Bertz CT molecular complexity index is 1180. The van der Waals surface area contributed by atoms with Gasteiger partial charge in [-0.3, -0.25) is 0 Å². The van der Waals surface area contributed by atoms with Crippen molar-refractivity contribution in [1.82, 2.24) is 14.4 Å². The lowest BCUT2D eigenvalue weighted by Gasteiger charge is -2.31. The predicted molar refractivity (Wildman–Crippen MR) is 113 cm³/mol. The van der Waals surface area contributed by atoms with E-state index >= 15 is 0 Å². The first kappa shape index (κ1) is 21.5. The van der Waals surface area contributed by atoms with E-state index in [2.05, 4.69) is 10.1 Å². The Balaban J connectivity index is 1.48. The second-order valence-electron chi connectivity index (χ2n) is 7.70. The average Bonchev–Trinajstić information content (AvgIpc) is 3.22. The highest BCUT2D eigenvalue weighted by Gasteiger charge is 2.31. The highest BCUT2D eigenvalue weighted by atomic mass is 32.2. The second-order valence-corrected chi connectivity index (χ2v) is 9.64. The molecule has 31 heavy (non-hydrogen) atoms. The van der Waals surface area contributed by atoms with Crippen LogP contribution in [0.25, 0.3) is 11.4 Å². The normalized spacial score (nSPS) is 17.6. The van der Waals surface area contributed by atoms with Gasteiger partial charge in [0.25, 0.3) is 0 Å². The molecule has 1 fully saturated rings. The first-order valence-corrected chi connectivity index (χ1v) is 11.5. The highest BCUT2D eigenvalue weighted by molar-refractivity contribution is 7.89. The molecule has 9 heteroatoms. The zero-order valence-corrected chi connectivity index (χ0v) is 18.2. The first-order valence-electron chi connectivity index (χ1n) is 10.1. The van der Waals surface area contributed by atoms with Gasteiger partial charge in [0.2, 0.25) is 21.7 Å². The van der Waals surface area contributed by atoms with Gasteiger partial charge in [0.1, 0.15) is 0 Å². The van der Waals surface area contributed by atoms with Crippen LogP contribution in [0, 0.1) is 18.7 Å². The third kappa shape index (κ3) is 4.47. The molecule has 3 aromatic rings. The molecule has 0 spiro atoms. The molecule has 0 amide bonds. The molecule has 0 N–H and O–H groups in total. The van der Waals surface area contributed by atoms with Crippen LogP contribution in [0.5, 0.6) is 5.75 Å². The third-order valence-electron chi connectivity index (χ3n) is 5.56. The molecule has 0 bridgehead atoms. The van der Waals surface area contributed by atoms with E-state index in [1.165, 1.54) is 23.5 Å². The molecule has 1 atom stereocenters. The van der Waals surface area contributed by atoms with E-state index in [1.807, 2.05) is 31.2 Å². The molecule has 2 heterocycles. The molecule has 0 aliphatic carbocycles. The largest absolute Gasteiger partial charge is 0.494 e. The third-order valence-corrected chi connectivity index (χ3v) is 7.42. The van der Waals surface area contributed by atoms with Crippen molar-refractivity contribution in [2.75, 3.05) is 20.2 Å². The summed E-state index contributed by atoms with van der Waals surface area (Å²) in [6.07, 6.45) is 2.05. The van der Waals surface area contributed by atoms with Crippen molar-refractivity contribution >= 4 is 10.0 Å². The first-order chi connectivity index (χ1) is 14.9. The van der Waals surface area contributed by atoms with E-state index in [4.69, 9.17) is 9.26 Å². The summed E-state index contributed by atoms with van der Waals surface area (Å²) in [6, 6.07) is 11.5. The van der Waals surface area contributed by atoms with Crippen LogP contribution in [0.3, 0.4) is 0 Å². The molecular formula is C22H24FN3O4S. The fraction of sp³-hybridized carbons (Fsp3) is 0.364. The molecule has 4 rings (SSSR count). The quantitative estimate of drug-likeness (QED) is 0.573. The minimum atomic E-state index is -3.81. The Labute approximate surface area is 180 Å². The molecule has 2 aromatic carbocycles. The van der Waals surface area contributed by atoms with Gasteiger partial charge in [0.05, 0.1) is 12.0 Å². The number of methoxy groups -OCH3 is 1. The number of sulfonamides is 1. The van der Waals surface area contributed by atoms with Crippen molar-refractivity contribution < 1.29 is 22.1 Å². The summed E-state index contributed by atoms with van der Waals surface area (Å²) in [7, 11) is -2.47. The van der Waals surface area contributed by atoms with E-state index < -0.39 is 15.8 Å². The molecule has 164 valence electrons. The number of nitrogens with zero attached hydrogens (tertiary/aromatic N) is 3. The standard InChI is InChI=1S/C22H24FN3O4S/c1-15-6-3-4-8-18(15)22-24-21(30-25-22)12-16-7-5-11-26(14-16)31(27,28)17-9-10-20(29-2)19(23)13-17/h3-4,6,8-10,13,16H,5,7,11-12,14H2,1-2H3/t16-/m0/s1. The maximum Gasteiger partial charge on any atom is 0.243 e. The zero-order chi connectivity index (χ0) is 22.0. The van der Waals surface area contributed by atoms with Crippen LogP contribution in [-0.2, 0) is 16.4 Å². The van der Waals surface area contributed by atoms with Gasteiger partial charge in [-0.2, -0.15) is 9.29 Å². The Morgan fingerprint density at radius 3 is 2.81 bits per heavy atom. The van der Waals surface area contributed by atoms with Crippen molar-refractivity contribution in [1.29, 1.82) is 0 Å². The molecule has 1 aromatic heterocycles. The Morgan fingerprint density at radius 2 is 2.06 bits per heavy atom. The molecule has 0 saturated carbocycles. The fourth-order valence-electron chi connectivity index (χ4n) is 3.89. The van der Waals surface area contributed by atoms with Crippen molar-refractivity contribution in [2.24, 2.45) is 5.92 Å². The van der Waals surface area contributed by atoms with Gasteiger partial charge < -0.3 is 9.26 Å². The lowest BCUT2D eigenvalue weighted by atomic mass is 9.96. The van der Waals surface area contributed by atoms with Crippen LogP contribution < -0.4 is 4.74 Å². The number of halogens is 1. The molecular weight excluding hydrogens is 421 g/mol. The van der Waals surface area contributed by atoms with E-state index in [0.29, 0.717) is 37.6 Å². The van der Waals surface area contributed by atoms with Crippen LogP contribution in [-0.4, -0.2) is 43.1 Å². The maximum atomic E-state index is 14.0. The highest BCUT2D eigenvalue weighted by Crippen LogP contribution is 2.28. The molecule has 7 nitrogen and oxygen atoms in total. The van der Waals surface area contributed by atoms with E-state index in [-0.39, 0.29) is 16.6 Å². The molecule has 0 unspecified atom stereocenters. The van der Waals surface area contributed by atoms with Gasteiger partial charge in [-0.25, -0.2) is 12.8 Å². The van der Waals surface area contributed by atoms with Crippen molar-refractivity contribution in [3.63, 3.8) is 0 Å². The number of rotatable bonds is 6. The van der Waals surface area contributed by atoms with E-state index in [1.54, 1.807) is 0 Å². The van der Waals surface area contributed by atoms with Gasteiger partial charge in [0.15, 0.2) is 11.6 Å². The van der Waals surface area contributed by atoms with Crippen LogP contribution in [0.15, 0.2) is 51.9 Å². The summed E-state index contributed by atoms with van der Waals surface area (Å²) < 4.78 is 51.8. The Kier molecular flexibility index (Phi) is 6.06. The Morgan fingerprint density at radius 1 is 1.26 bits per heavy atom. The fourth-order valence-corrected chi connectivity index (χ4v) is 5.45. The summed E-state index contributed by atoms with van der Waals surface area (Å²) in [4.78, 5) is 4.42. The monoisotopic (exact) mass is 445 g/mol. The number of hydrogen-bond donors (Lipinski definition) is 0.